The van der Waals surface area contributed by atoms with Gasteiger partial charge in [-0.25, -0.2) is 0 Å². The maximum absolute atomic E-state index is 8.94. The maximum Gasteiger partial charge on any atom is 0.191 e. The number of pyridine rings is 1. The van der Waals surface area contributed by atoms with Gasteiger partial charge in [0.05, 0.1) is 31.4 Å². The molecule has 0 spiro atoms. The predicted molar refractivity (Wildman–Crippen MR) is 103 cm³/mol. The summed E-state index contributed by atoms with van der Waals surface area (Å²) >= 11 is 1.57. The first-order valence-electron chi connectivity index (χ1n) is 8.40. The third-order valence-corrected chi connectivity index (χ3v) is 4.65. The van der Waals surface area contributed by atoms with Crippen LogP contribution in [0.5, 0.6) is 5.75 Å². The molecule has 7 nitrogen and oxygen atoms in total. The summed E-state index contributed by atoms with van der Waals surface area (Å²) in [5, 5.41) is 18.4. The lowest BCUT2D eigenvalue weighted by molar-refractivity contribution is 0.185. The van der Waals surface area contributed by atoms with Crippen molar-refractivity contribution in [2.24, 2.45) is 0 Å². The van der Waals surface area contributed by atoms with Crippen molar-refractivity contribution >= 4 is 11.8 Å². The van der Waals surface area contributed by atoms with E-state index in [0.717, 1.165) is 16.5 Å². The predicted octanol–water partition coefficient (Wildman–Crippen LogP) is 3.03. The summed E-state index contributed by atoms with van der Waals surface area (Å²) in [4.78, 5) is 4.05. The lowest BCUT2D eigenvalue weighted by atomic mass is 10.2. The van der Waals surface area contributed by atoms with E-state index in [0.29, 0.717) is 36.8 Å². The van der Waals surface area contributed by atoms with Crippen LogP contribution in [0.1, 0.15) is 5.56 Å². The molecule has 2 aromatic heterocycles. The van der Waals surface area contributed by atoms with Gasteiger partial charge >= 0.3 is 0 Å². The summed E-state index contributed by atoms with van der Waals surface area (Å²) in [6, 6.07) is 13.1. The second kappa shape index (κ2) is 9.71. The minimum absolute atomic E-state index is 0.501. The van der Waals surface area contributed by atoms with Crippen molar-refractivity contribution in [1.82, 2.24) is 19.7 Å². The number of rotatable bonds is 9. The Labute approximate surface area is 162 Å². The summed E-state index contributed by atoms with van der Waals surface area (Å²) in [6.07, 6.45) is 3.47. The molecule has 0 amide bonds. The zero-order chi connectivity index (χ0) is 18.9. The van der Waals surface area contributed by atoms with Crippen molar-refractivity contribution in [3.63, 3.8) is 0 Å². The van der Waals surface area contributed by atoms with E-state index in [4.69, 9.17) is 14.7 Å². The molecule has 0 radical (unpaired) electrons. The lowest BCUT2D eigenvalue weighted by Gasteiger charge is -2.10. The van der Waals surface area contributed by atoms with Crippen LogP contribution in [0.15, 0.2) is 53.9 Å². The summed E-state index contributed by atoms with van der Waals surface area (Å²) in [5.74, 6) is 2.19. The fourth-order valence-corrected chi connectivity index (χ4v) is 3.22. The number of nitriles is 1. The number of aromatic nitrogens is 4. The Kier molecular flexibility index (Phi) is 6.79. The van der Waals surface area contributed by atoms with E-state index in [2.05, 4.69) is 21.3 Å². The molecule has 0 aliphatic carbocycles. The summed E-state index contributed by atoms with van der Waals surface area (Å²) < 4.78 is 13.0. The van der Waals surface area contributed by atoms with Gasteiger partial charge < -0.3 is 9.47 Å². The third kappa shape index (κ3) is 5.06. The molecular weight excluding hydrogens is 362 g/mol. The Bertz CT molecular complexity index is 908. The van der Waals surface area contributed by atoms with Gasteiger partial charge in [0.2, 0.25) is 0 Å². The molecule has 2 heterocycles. The smallest absolute Gasteiger partial charge is 0.191 e. The topological polar surface area (TPSA) is 85.9 Å². The van der Waals surface area contributed by atoms with Crippen LogP contribution < -0.4 is 4.74 Å². The van der Waals surface area contributed by atoms with Gasteiger partial charge in [-0.05, 0) is 30.3 Å². The number of ether oxygens (including phenoxy) is 2. The van der Waals surface area contributed by atoms with Gasteiger partial charge in [-0.2, -0.15) is 5.26 Å². The molecule has 8 heteroatoms. The highest BCUT2D eigenvalue weighted by atomic mass is 32.2. The molecule has 0 fully saturated rings. The van der Waals surface area contributed by atoms with Gasteiger partial charge in [-0.15, -0.1) is 10.2 Å². The van der Waals surface area contributed by atoms with Gasteiger partial charge in [0.15, 0.2) is 11.0 Å². The molecule has 0 aliphatic rings. The molecule has 0 saturated heterocycles. The normalized spacial score (nSPS) is 10.5. The molecule has 0 N–H and O–H groups in total. The molecule has 0 saturated carbocycles. The van der Waals surface area contributed by atoms with Crippen molar-refractivity contribution in [2.75, 3.05) is 26.1 Å². The van der Waals surface area contributed by atoms with Crippen LogP contribution in [0.2, 0.25) is 0 Å². The Morgan fingerprint density at radius 1 is 1.15 bits per heavy atom. The molecule has 3 aromatic rings. The van der Waals surface area contributed by atoms with Gasteiger partial charge in [-0.1, -0.05) is 17.8 Å². The maximum atomic E-state index is 8.94. The zero-order valence-corrected chi connectivity index (χ0v) is 15.7. The van der Waals surface area contributed by atoms with Crippen LogP contribution in [0.25, 0.3) is 11.4 Å². The van der Waals surface area contributed by atoms with Gasteiger partial charge in [0.1, 0.15) is 5.75 Å². The molecule has 1 aromatic carbocycles. The second-order valence-electron chi connectivity index (χ2n) is 5.52. The third-order valence-electron chi connectivity index (χ3n) is 3.72. The van der Waals surface area contributed by atoms with E-state index in [1.807, 2.05) is 28.8 Å². The van der Waals surface area contributed by atoms with Crippen LogP contribution >= 0.6 is 11.8 Å². The summed E-state index contributed by atoms with van der Waals surface area (Å²) in [7, 11) is 1.67. The minimum Gasteiger partial charge on any atom is -0.493 e. The van der Waals surface area contributed by atoms with Crippen LogP contribution in [0.4, 0.5) is 0 Å². The quantitative estimate of drug-likeness (QED) is 0.416. The van der Waals surface area contributed by atoms with E-state index in [1.165, 1.54) is 0 Å². The van der Waals surface area contributed by atoms with E-state index in [1.54, 1.807) is 43.4 Å². The van der Waals surface area contributed by atoms with E-state index < -0.39 is 0 Å². The molecule has 27 heavy (non-hydrogen) atoms. The van der Waals surface area contributed by atoms with Crippen molar-refractivity contribution in [3.05, 3.63) is 54.4 Å². The molecule has 0 atom stereocenters. The monoisotopic (exact) mass is 381 g/mol. The first-order chi connectivity index (χ1) is 13.3. The number of hydrogen-bond acceptors (Lipinski definition) is 7. The second-order valence-corrected chi connectivity index (χ2v) is 6.59. The van der Waals surface area contributed by atoms with Gasteiger partial charge in [-0.3, -0.25) is 9.55 Å². The number of methoxy groups -OCH3 is 1. The molecule has 3 rings (SSSR count). The molecule has 138 valence electrons. The van der Waals surface area contributed by atoms with Gasteiger partial charge in [0, 0.05) is 30.8 Å². The van der Waals surface area contributed by atoms with Crippen LogP contribution in [-0.4, -0.2) is 45.8 Å². The Hall–Kier alpha value is -2.89. The SMILES string of the molecule is COCCn1c(SCCOc2cccc(C#N)c2)nnc1-c1ccncc1. The van der Waals surface area contributed by atoms with E-state index >= 15 is 0 Å². The van der Waals surface area contributed by atoms with E-state index in [9.17, 15) is 0 Å². The highest BCUT2D eigenvalue weighted by Gasteiger charge is 2.14. The van der Waals surface area contributed by atoms with Crippen molar-refractivity contribution in [2.45, 2.75) is 11.7 Å². The average Bonchev–Trinajstić information content (AvgIpc) is 3.13. The van der Waals surface area contributed by atoms with Crippen LogP contribution in [0.3, 0.4) is 0 Å². The molecule has 0 bridgehead atoms. The van der Waals surface area contributed by atoms with Crippen LogP contribution in [0, 0.1) is 11.3 Å². The van der Waals surface area contributed by atoms with Gasteiger partial charge in [0.25, 0.3) is 0 Å². The summed E-state index contributed by atoms with van der Waals surface area (Å²) in [5.41, 5.74) is 1.55. The summed E-state index contributed by atoms with van der Waals surface area (Å²) in [6.45, 7) is 1.73. The average molecular weight is 381 g/mol. The van der Waals surface area contributed by atoms with Crippen molar-refractivity contribution in [3.8, 4) is 23.2 Å². The van der Waals surface area contributed by atoms with Crippen LogP contribution in [-0.2, 0) is 11.3 Å². The molecule has 0 aliphatic heterocycles. The molecular formula is C19H19N5O2S. The minimum atomic E-state index is 0.501. The highest BCUT2D eigenvalue weighted by Crippen LogP contribution is 2.23. The first kappa shape index (κ1) is 18.9. The number of nitrogens with zero attached hydrogens (tertiary/aromatic N) is 5. The number of thioether (sulfide) groups is 1. The lowest BCUT2D eigenvalue weighted by Crippen LogP contribution is -2.08. The number of hydrogen-bond donors (Lipinski definition) is 0. The zero-order valence-electron chi connectivity index (χ0n) is 14.9. The Morgan fingerprint density at radius 3 is 2.78 bits per heavy atom. The first-order valence-corrected chi connectivity index (χ1v) is 9.38. The molecule has 0 unspecified atom stereocenters. The highest BCUT2D eigenvalue weighted by molar-refractivity contribution is 7.99. The largest absolute Gasteiger partial charge is 0.493 e. The fraction of sp³-hybridized carbons (Fsp3) is 0.263. The standard InChI is InChI=1S/C19H19N5O2S/c1-25-10-9-24-18(16-5-7-21-8-6-16)22-23-19(24)27-12-11-26-17-4-2-3-15(13-17)14-20/h2-8,13H,9-12H2,1H3. The van der Waals surface area contributed by atoms with E-state index in [-0.39, 0.29) is 0 Å². The van der Waals surface area contributed by atoms with Crippen molar-refractivity contribution < 1.29 is 9.47 Å². The fourth-order valence-electron chi connectivity index (χ4n) is 2.44. The Morgan fingerprint density at radius 2 is 2.00 bits per heavy atom. The Balaban J connectivity index is 1.64. The number of benzene rings is 1. The van der Waals surface area contributed by atoms with Crippen molar-refractivity contribution in [1.29, 1.82) is 5.26 Å².